The molecule has 1 aromatic rings. The van der Waals surface area contributed by atoms with Gasteiger partial charge in [-0.05, 0) is 5.56 Å². The summed E-state index contributed by atoms with van der Waals surface area (Å²) in [5.74, 6) is -0.393. The fourth-order valence-electron chi connectivity index (χ4n) is 1.30. The van der Waals surface area contributed by atoms with Crippen LogP contribution >= 0.6 is 0 Å². The quantitative estimate of drug-likeness (QED) is 0.617. The molecule has 92 valence electrons. The van der Waals surface area contributed by atoms with Gasteiger partial charge in [0.1, 0.15) is 0 Å². The van der Waals surface area contributed by atoms with Gasteiger partial charge in [-0.2, -0.15) is 0 Å². The van der Waals surface area contributed by atoms with E-state index >= 15 is 0 Å². The van der Waals surface area contributed by atoms with Gasteiger partial charge in [0.05, 0.1) is 13.0 Å². The number of nitrogens with one attached hydrogen (secondary N) is 2. The lowest BCUT2D eigenvalue weighted by Crippen LogP contribution is -2.39. The minimum Gasteiger partial charge on any atom is -0.353 e. The van der Waals surface area contributed by atoms with E-state index in [-0.39, 0.29) is 24.8 Å². The first-order valence-corrected chi connectivity index (χ1v) is 5.49. The predicted molar refractivity (Wildman–Crippen MR) is 65.2 cm³/mol. The van der Waals surface area contributed by atoms with E-state index in [1.165, 1.54) is 0 Å². The van der Waals surface area contributed by atoms with Crippen molar-refractivity contribution < 1.29 is 9.59 Å². The summed E-state index contributed by atoms with van der Waals surface area (Å²) in [7, 11) is 0. The first-order valence-electron chi connectivity index (χ1n) is 5.49. The van der Waals surface area contributed by atoms with Gasteiger partial charge in [-0.25, -0.2) is 0 Å². The maximum absolute atomic E-state index is 11.5. The van der Waals surface area contributed by atoms with Gasteiger partial charge in [-0.1, -0.05) is 30.3 Å². The molecule has 0 aromatic heterocycles. The van der Waals surface area contributed by atoms with Crippen molar-refractivity contribution in [3.8, 4) is 0 Å². The number of rotatable bonds is 6. The van der Waals surface area contributed by atoms with Crippen molar-refractivity contribution in [2.24, 2.45) is 5.73 Å². The average Bonchev–Trinajstić information content (AvgIpc) is 2.35. The molecule has 1 aromatic carbocycles. The lowest BCUT2D eigenvalue weighted by molar-refractivity contribution is -0.125. The maximum Gasteiger partial charge on any atom is 0.239 e. The molecule has 0 radical (unpaired) electrons. The maximum atomic E-state index is 11.5. The van der Waals surface area contributed by atoms with Crippen LogP contribution in [-0.4, -0.2) is 31.4 Å². The zero-order chi connectivity index (χ0) is 12.5. The summed E-state index contributed by atoms with van der Waals surface area (Å²) >= 11 is 0. The molecule has 0 fully saturated rings. The molecule has 5 heteroatoms. The van der Waals surface area contributed by atoms with Crippen LogP contribution in [0, 0.1) is 0 Å². The van der Waals surface area contributed by atoms with Crippen molar-refractivity contribution >= 4 is 11.8 Å². The molecule has 0 spiro atoms. The number of carbonyl (C=O) groups is 2. The van der Waals surface area contributed by atoms with E-state index in [1.54, 1.807) is 0 Å². The van der Waals surface area contributed by atoms with E-state index < -0.39 is 0 Å². The number of hydrogen-bond acceptors (Lipinski definition) is 3. The van der Waals surface area contributed by atoms with Crippen molar-refractivity contribution in [2.45, 2.75) is 6.42 Å². The normalized spacial score (nSPS) is 9.71. The highest BCUT2D eigenvalue weighted by Gasteiger charge is 2.05. The van der Waals surface area contributed by atoms with Gasteiger partial charge in [0.15, 0.2) is 0 Å². The monoisotopic (exact) mass is 235 g/mol. The molecule has 5 nitrogen and oxygen atoms in total. The molecule has 0 heterocycles. The van der Waals surface area contributed by atoms with Crippen LogP contribution in [0.5, 0.6) is 0 Å². The SMILES string of the molecule is NCCNC(=O)CNC(=O)Cc1ccccc1. The van der Waals surface area contributed by atoms with Crippen LogP contribution in [0.1, 0.15) is 5.56 Å². The molecule has 0 aliphatic carbocycles. The molecule has 0 aliphatic rings. The van der Waals surface area contributed by atoms with E-state index in [0.29, 0.717) is 13.1 Å². The minimum absolute atomic E-state index is 0.00827. The summed E-state index contributed by atoms with van der Waals surface area (Å²) < 4.78 is 0. The lowest BCUT2D eigenvalue weighted by Gasteiger charge is -2.05. The van der Waals surface area contributed by atoms with Crippen LogP contribution in [0.4, 0.5) is 0 Å². The van der Waals surface area contributed by atoms with Gasteiger partial charge in [0.2, 0.25) is 11.8 Å². The van der Waals surface area contributed by atoms with Gasteiger partial charge < -0.3 is 16.4 Å². The Kier molecular flexibility index (Phi) is 5.74. The van der Waals surface area contributed by atoms with Crippen molar-refractivity contribution in [3.05, 3.63) is 35.9 Å². The Labute approximate surface area is 100 Å². The Morgan fingerprint density at radius 1 is 1.06 bits per heavy atom. The van der Waals surface area contributed by atoms with E-state index in [4.69, 9.17) is 5.73 Å². The van der Waals surface area contributed by atoms with E-state index in [2.05, 4.69) is 10.6 Å². The second kappa shape index (κ2) is 7.40. The average molecular weight is 235 g/mol. The molecule has 17 heavy (non-hydrogen) atoms. The number of carbonyl (C=O) groups excluding carboxylic acids is 2. The second-order valence-electron chi connectivity index (χ2n) is 3.58. The fraction of sp³-hybridized carbons (Fsp3) is 0.333. The van der Waals surface area contributed by atoms with Crippen LogP contribution in [-0.2, 0) is 16.0 Å². The highest BCUT2D eigenvalue weighted by atomic mass is 16.2. The van der Waals surface area contributed by atoms with Crippen molar-refractivity contribution in [3.63, 3.8) is 0 Å². The third-order valence-electron chi connectivity index (χ3n) is 2.12. The molecular formula is C12H17N3O2. The van der Waals surface area contributed by atoms with Crippen LogP contribution < -0.4 is 16.4 Å². The molecule has 0 bridgehead atoms. The summed E-state index contributed by atoms with van der Waals surface area (Å²) in [6.07, 6.45) is 0.283. The highest BCUT2D eigenvalue weighted by Crippen LogP contribution is 1.98. The third kappa shape index (κ3) is 5.67. The van der Waals surface area contributed by atoms with Crippen molar-refractivity contribution in [1.82, 2.24) is 10.6 Å². The molecule has 0 saturated carbocycles. The Morgan fingerprint density at radius 3 is 2.41 bits per heavy atom. The Hall–Kier alpha value is -1.88. The van der Waals surface area contributed by atoms with Crippen molar-refractivity contribution in [2.75, 3.05) is 19.6 Å². The van der Waals surface area contributed by atoms with Crippen LogP contribution in [0.15, 0.2) is 30.3 Å². The van der Waals surface area contributed by atoms with E-state index in [1.807, 2.05) is 30.3 Å². The topological polar surface area (TPSA) is 84.2 Å². The zero-order valence-corrected chi connectivity index (χ0v) is 9.61. The highest BCUT2D eigenvalue weighted by molar-refractivity contribution is 5.85. The Morgan fingerprint density at radius 2 is 1.76 bits per heavy atom. The largest absolute Gasteiger partial charge is 0.353 e. The second-order valence-corrected chi connectivity index (χ2v) is 3.58. The molecule has 0 saturated heterocycles. The first-order chi connectivity index (χ1) is 8.22. The summed E-state index contributed by atoms with van der Waals surface area (Å²) in [5.41, 5.74) is 6.16. The van der Waals surface area contributed by atoms with Gasteiger partial charge in [-0.15, -0.1) is 0 Å². The van der Waals surface area contributed by atoms with Crippen LogP contribution in [0.2, 0.25) is 0 Å². The number of benzene rings is 1. The smallest absolute Gasteiger partial charge is 0.239 e. The molecule has 0 atom stereocenters. The summed E-state index contributed by atoms with van der Waals surface area (Å²) in [4.78, 5) is 22.7. The molecule has 2 amide bonds. The Balaban J connectivity index is 2.24. The zero-order valence-electron chi connectivity index (χ0n) is 9.61. The molecule has 4 N–H and O–H groups in total. The molecule has 1 rings (SSSR count). The van der Waals surface area contributed by atoms with Gasteiger partial charge in [-0.3, -0.25) is 9.59 Å². The summed E-state index contributed by atoms with van der Waals surface area (Å²) in [6, 6.07) is 9.37. The van der Waals surface area contributed by atoms with E-state index in [9.17, 15) is 9.59 Å². The first kappa shape index (κ1) is 13.2. The summed E-state index contributed by atoms with van der Waals surface area (Å²) in [5, 5.41) is 5.12. The van der Waals surface area contributed by atoms with Crippen LogP contribution in [0.3, 0.4) is 0 Å². The van der Waals surface area contributed by atoms with E-state index in [0.717, 1.165) is 5.56 Å². The van der Waals surface area contributed by atoms with Crippen molar-refractivity contribution in [1.29, 1.82) is 0 Å². The number of hydrogen-bond donors (Lipinski definition) is 3. The number of amides is 2. The predicted octanol–water partition coefficient (Wildman–Crippen LogP) is -0.580. The number of nitrogens with two attached hydrogens (primary N) is 1. The molecule has 0 aliphatic heterocycles. The van der Waals surface area contributed by atoms with Gasteiger partial charge in [0.25, 0.3) is 0 Å². The molecular weight excluding hydrogens is 218 g/mol. The minimum atomic E-state index is -0.225. The van der Waals surface area contributed by atoms with Crippen LogP contribution in [0.25, 0.3) is 0 Å². The molecule has 0 unspecified atom stereocenters. The fourth-order valence-corrected chi connectivity index (χ4v) is 1.30. The standard InChI is InChI=1S/C12H17N3O2/c13-6-7-14-12(17)9-15-11(16)8-10-4-2-1-3-5-10/h1-5H,6-9,13H2,(H,14,17)(H,15,16). The summed E-state index contributed by atoms with van der Waals surface area (Å²) in [6.45, 7) is 0.808. The lowest BCUT2D eigenvalue weighted by atomic mass is 10.1. The Bertz CT molecular complexity index is 365. The van der Waals surface area contributed by atoms with Gasteiger partial charge in [0, 0.05) is 13.1 Å². The third-order valence-corrected chi connectivity index (χ3v) is 2.12. The van der Waals surface area contributed by atoms with Gasteiger partial charge >= 0.3 is 0 Å².